The van der Waals surface area contributed by atoms with E-state index in [0.717, 1.165) is 12.2 Å². The third kappa shape index (κ3) is 1.95. The van der Waals surface area contributed by atoms with Gasteiger partial charge in [-0.15, -0.1) is 11.8 Å². The molecule has 0 unspecified atom stereocenters. The van der Waals surface area contributed by atoms with Crippen molar-refractivity contribution in [3.05, 3.63) is 35.9 Å². The molecule has 3 fully saturated rings. The average molecular weight is 317 g/mol. The first-order valence-electron chi connectivity index (χ1n) is 7.77. The SMILES string of the molecule is COC(=O)[C@@H]1[C@H]2C(=O)CC[C@H]2N2[C@@H](c3ccccc3)SC[C@H]12. The van der Waals surface area contributed by atoms with Gasteiger partial charge in [0.15, 0.2) is 0 Å². The molecule has 1 aromatic rings. The highest BCUT2D eigenvalue weighted by atomic mass is 32.2. The van der Waals surface area contributed by atoms with Gasteiger partial charge >= 0.3 is 5.97 Å². The molecule has 2 saturated heterocycles. The van der Waals surface area contributed by atoms with Gasteiger partial charge in [0, 0.05) is 30.2 Å². The lowest BCUT2D eigenvalue weighted by Crippen LogP contribution is -2.37. The molecule has 0 radical (unpaired) electrons. The Morgan fingerprint density at radius 3 is 2.77 bits per heavy atom. The summed E-state index contributed by atoms with van der Waals surface area (Å²) in [5.74, 6) is 0.467. The fourth-order valence-corrected chi connectivity index (χ4v) is 6.03. The van der Waals surface area contributed by atoms with E-state index in [-0.39, 0.29) is 41.0 Å². The Kier molecular flexibility index (Phi) is 3.50. The van der Waals surface area contributed by atoms with Crippen molar-refractivity contribution in [3.8, 4) is 0 Å². The zero-order valence-electron chi connectivity index (χ0n) is 12.5. The van der Waals surface area contributed by atoms with Crippen molar-refractivity contribution in [1.82, 2.24) is 4.90 Å². The summed E-state index contributed by atoms with van der Waals surface area (Å²) in [6.07, 6.45) is 1.47. The Morgan fingerprint density at radius 1 is 1.27 bits per heavy atom. The Balaban J connectivity index is 1.71. The summed E-state index contributed by atoms with van der Waals surface area (Å²) >= 11 is 1.88. The van der Waals surface area contributed by atoms with Crippen molar-refractivity contribution in [2.75, 3.05) is 12.9 Å². The number of rotatable bonds is 2. The van der Waals surface area contributed by atoms with Gasteiger partial charge in [-0.25, -0.2) is 0 Å². The Labute approximate surface area is 134 Å². The number of Topliss-reactive ketones (excluding diaryl/α,β-unsaturated/α-hetero) is 1. The van der Waals surface area contributed by atoms with Crippen LogP contribution in [0.4, 0.5) is 0 Å². The quantitative estimate of drug-likeness (QED) is 0.783. The highest BCUT2D eigenvalue weighted by Crippen LogP contribution is 2.55. The van der Waals surface area contributed by atoms with Gasteiger partial charge in [-0.05, 0) is 12.0 Å². The molecule has 5 atom stereocenters. The largest absolute Gasteiger partial charge is 0.469 e. The summed E-state index contributed by atoms with van der Waals surface area (Å²) in [6.45, 7) is 0. The monoisotopic (exact) mass is 317 g/mol. The number of esters is 1. The van der Waals surface area contributed by atoms with E-state index in [0.29, 0.717) is 6.42 Å². The number of carbonyl (C=O) groups is 2. The highest BCUT2D eigenvalue weighted by Gasteiger charge is 2.61. The predicted molar refractivity (Wildman–Crippen MR) is 84.3 cm³/mol. The van der Waals surface area contributed by atoms with Crippen molar-refractivity contribution < 1.29 is 14.3 Å². The number of benzene rings is 1. The zero-order valence-corrected chi connectivity index (χ0v) is 13.3. The Morgan fingerprint density at radius 2 is 2.05 bits per heavy atom. The summed E-state index contributed by atoms with van der Waals surface area (Å²) in [5, 5.41) is 0.249. The van der Waals surface area contributed by atoms with Crippen LogP contribution in [0.3, 0.4) is 0 Å². The molecule has 0 N–H and O–H groups in total. The molecule has 0 amide bonds. The molecule has 2 heterocycles. The first kappa shape index (κ1) is 14.3. The summed E-state index contributed by atoms with van der Waals surface area (Å²) in [7, 11) is 1.43. The van der Waals surface area contributed by atoms with Crippen LogP contribution in [0.25, 0.3) is 0 Å². The number of hydrogen-bond donors (Lipinski definition) is 0. The van der Waals surface area contributed by atoms with Gasteiger partial charge in [-0.2, -0.15) is 0 Å². The molecule has 0 spiro atoms. The number of thioether (sulfide) groups is 1. The third-order valence-corrected chi connectivity index (χ3v) is 6.66. The number of methoxy groups -OCH3 is 1. The van der Waals surface area contributed by atoms with Crippen molar-refractivity contribution in [2.24, 2.45) is 11.8 Å². The standard InChI is InChI=1S/C17H19NO3S/c1-21-17(20)15-12-9-22-16(10-5-3-2-4-6-10)18(12)11-7-8-13(19)14(11)15/h2-6,11-12,14-16H,7-9H2,1H3/t11-,12-,14-,15+,16-/m1/s1. The number of nitrogens with zero attached hydrogens (tertiary/aromatic N) is 1. The van der Waals surface area contributed by atoms with Crippen molar-refractivity contribution >= 4 is 23.5 Å². The second kappa shape index (κ2) is 5.39. The minimum atomic E-state index is -0.286. The number of ether oxygens (including phenoxy) is 1. The van der Waals surface area contributed by atoms with Crippen LogP contribution in [-0.4, -0.2) is 41.6 Å². The van der Waals surface area contributed by atoms with E-state index in [4.69, 9.17) is 4.74 Å². The lowest BCUT2D eigenvalue weighted by atomic mass is 9.88. The van der Waals surface area contributed by atoms with Gasteiger partial charge in [-0.1, -0.05) is 30.3 Å². The maximum absolute atomic E-state index is 12.3. The van der Waals surface area contributed by atoms with E-state index in [9.17, 15) is 9.59 Å². The van der Waals surface area contributed by atoms with Crippen LogP contribution in [0.15, 0.2) is 30.3 Å². The number of hydrogen-bond acceptors (Lipinski definition) is 5. The van der Waals surface area contributed by atoms with Crippen molar-refractivity contribution in [1.29, 1.82) is 0 Å². The van der Waals surface area contributed by atoms with Crippen LogP contribution in [0, 0.1) is 11.8 Å². The molecule has 0 bridgehead atoms. The van der Waals surface area contributed by atoms with Gasteiger partial charge in [-0.3, -0.25) is 14.5 Å². The molecular formula is C17H19NO3S. The molecule has 0 aromatic heterocycles. The Bertz CT molecular complexity index is 605. The van der Waals surface area contributed by atoms with E-state index in [1.807, 2.05) is 30.0 Å². The molecular weight excluding hydrogens is 298 g/mol. The zero-order chi connectivity index (χ0) is 15.3. The predicted octanol–water partition coefficient (Wildman–Crippen LogP) is 2.25. The van der Waals surface area contributed by atoms with Gasteiger partial charge in [0.1, 0.15) is 5.78 Å². The molecule has 3 aliphatic rings. The van der Waals surface area contributed by atoms with Gasteiger partial charge in [0.2, 0.25) is 0 Å². The maximum Gasteiger partial charge on any atom is 0.311 e. The molecule has 1 saturated carbocycles. The maximum atomic E-state index is 12.3. The second-order valence-electron chi connectivity index (χ2n) is 6.26. The number of ketones is 1. The van der Waals surface area contributed by atoms with Crippen LogP contribution < -0.4 is 0 Å². The fourth-order valence-electron chi connectivity index (χ4n) is 4.43. The topological polar surface area (TPSA) is 46.6 Å². The third-order valence-electron chi connectivity index (χ3n) is 5.29. The minimum Gasteiger partial charge on any atom is -0.469 e. The van der Waals surface area contributed by atoms with Crippen molar-refractivity contribution in [3.63, 3.8) is 0 Å². The molecule has 1 aromatic carbocycles. The summed E-state index contributed by atoms with van der Waals surface area (Å²) in [4.78, 5) is 27.0. The van der Waals surface area contributed by atoms with E-state index in [1.54, 1.807) is 0 Å². The molecule has 5 heteroatoms. The normalized spacial score (nSPS) is 37.1. The second-order valence-corrected chi connectivity index (χ2v) is 7.37. The Hall–Kier alpha value is -1.33. The molecule has 116 valence electrons. The van der Waals surface area contributed by atoms with Crippen LogP contribution in [0.1, 0.15) is 23.8 Å². The van der Waals surface area contributed by atoms with E-state index in [1.165, 1.54) is 12.7 Å². The van der Waals surface area contributed by atoms with Crippen LogP contribution in [-0.2, 0) is 14.3 Å². The number of fused-ring (bicyclic) bond motifs is 3. The number of carbonyl (C=O) groups excluding carboxylic acids is 2. The van der Waals surface area contributed by atoms with E-state index in [2.05, 4.69) is 17.0 Å². The van der Waals surface area contributed by atoms with E-state index >= 15 is 0 Å². The highest BCUT2D eigenvalue weighted by molar-refractivity contribution is 7.99. The van der Waals surface area contributed by atoms with Gasteiger partial charge in [0.25, 0.3) is 0 Å². The van der Waals surface area contributed by atoms with Gasteiger partial charge in [0.05, 0.1) is 18.4 Å². The average Bonchev–Trinajstić information content (AvgIpc) is 3.20. The van der Waals surface area contributed by atoms with Crippen LogP contribution >= 0.6 is 11.8 Å². The molecule has 22 heavy (non-hydrogen) atoms. The smallest absolute Gasteiger partial charge is 0.311 e. The summed E-state index contributed by atoms with van der Waals surface area (Å²) in [6, 6.07) is 10.7. The van der Waals surface area contributed by atoms with Crippen molar-refractivity contribution in [2.45, 2.75) is 30.3 Å². The minimum absolute atomic E-state index is 0.127. The lowest BCUT2D eigenvalue weighted by molar-refractivity contribution is -0.149. The van der Waals surface area contributed by atoms with Crippen LogP contribution in [0.2, 0.25) is 0 Å². The molecule has 2 aliphatic heterocycles. The van der Waals surface area contributed by atoms with Crippen LogP contribution in [0.5, 0.6) is 0 Å². The lowest BCUT2D eigenvalue weighted by Gasteiger charge is -2.29. The van der Waals surface area contributed by atoms with Gasteiger partial charge < -0.3 is 4.74 Å². The first-order valence-corrected chi connectivity index (χ1v) is 8.82. The molecule has 4 rings (SSSR count). The first-order chi connectivity index (χ1) is 10.7. The molecule has 4 nitrogen and oxygen atoms in total. The fraction of sp³-hybridized carbons (Fsp3) is 0.529. The van der Waals surface area contributed by atoms with E-state index < -0.39 is 0 Å². The summed E-state index contributed by atoms with van der Waals surface area (Å²) < 4.78 is 5.01. The summed E-state index contributed by atoms with van der Waals surface area (Å²) in [5.41, 5.74) is 1.26. The molecule has 1 aliphatic carbocycles.